The summed E-state index contributed by atoms with van der Waals surface area (Å²) in [7, 11) is 0. The van der Waals surface area contributed by atoms with E-state index in [0.29, 0.717) is 22.0 Å². The standard InChI is InChI=1S/C20H13ClFN3O2S/c21-12-4-1-3-11(7-12)19(26)25-16-10-28-17-9-15(24-18(16)17)20(27)23-14-6-2-5-13(22)8-14/h1-10,18H,(H,23,27)(H,25,26). The molecule has 4 rings (SSSR count). The molecule has 1 unspecified atom stereocenters. The SMILES string of the molecule is O=C(Nc1cccc(F)c1)C1=NC2C(NC(=O)c3cccc(Cl)c3)=CSC2=C1. The van der Waals surface area contributed by atoms with Crippen LogP contribution in [0.25, 0.3) is 0 Å². The molecule has 2 heterocycles. The fourth-order valence-corrected chi connectivity index (χ4v) is 3.92. The van der Waals surface area contributed by atoms with Gasteiger partial charge >= 0.3 is 0 Å². The Hall–Kier alpha value is -2.90. The quantitative estimate of drug-likeness (QED) is 0.791. The summed E-state index contributed by atoms with van der Waals surface area (Å²) >= 11 is 7.32. The molecule has 0 aromatic heterocycles. The van der Waals surface area contributed by atoms with Gasteiger partial charge in [-0.05, 0) is 47.9 Å². The average Bonchev–Trinajstić information content (AvgIpc) is 3.24. The van der Waals surface area contributed by atoms with E-state index in [9.17, 15) is 14.0 Å². The second-order valence-electron chi connectivity index (χ2n) is 6.08. The summed E-state index contributed by atoms with van der Waals surface area (Å²) < 4.78 is 13.3. The molecule has 2 aliphatic heterocycles. The van der Waals surface area contributed by atoms with Gasteiger partial charge in [0, 0.05) is 21.2 Å². The molecule has 0 fully saturated rings. The molecule has 0 bridgehead atoms. The van der Waals surface area contributed by atoms with Crippen molar-refractivity contribution < 1.29 is 14.0 Å². The summed E-state index contributed by atoms with van der Waals surface area (Å²) in [5.74, 6) is -1.18. The summed E-state index contributed by atoms with van der Waals surface area (Å²) in [5, 5.41) is 7.71. The minimum absolute atomic E-state index is 0.222. The highest BCUT2D eigenvalue weighted by Crippen LogP contribution is 2.38. The third-order valence-corrected chi connectivity index (χ3v) is 5.31. The Morgan fingerprint density at radius 1 is 1.07 bits per heavy atom. The average molecular weight is 414 g/mol. The molecular weight excluding hydrogens is 401 g/mol. The van der Waals surface area contributed by atoms with E-state index in [1.54, 1.807) is 41.8 Å². The molecule has 140 valence electrons. The molecule has 0 saturated heterocycles. The number of nitrogens with one attached hydrogen (secondary N) is 2. The van der Waals surface area contributed by atoms with Crippen LogP contribution in [0, 0.1) is 5.82 Å². The highest BCUT2D eigenvalue weighted by Gasteiger charge is 2.32. The predicted molar refractivity (Wildman–Crippen MR) is 109 cm³/mol. The number of rotatable bonds is 4. The van der Waals surface area contributed by atoms with Crippen molar-refractivity contribution in [1.29, 1.82) is 0 Å². The van der Waals surface area contributed by atoms with E-state index in [1.807, 2.05) is 0 Å². The van der Waals surface area contributed by atoms with Crippen LogP contribution in [-0.4, -0.2) is 23.6 Å². The third kappa shape index (κ3) is 3.85. The first-order valence-corrected chi connectivity index (χ1v) is 9.55. The number of benzene rings is 2. The molecule has 5 nitrogen and oxygen atoms in total. The molecule has 2 aromatic carbocycles. The van der Waals surface area contributed by atoms with Crippen molar-refractivity contribution in [3.63, 3.8) is 0 Å². The minimum Gasteiger partial charge on any atom is -0.323 e. The second-order valence-corrected chi connectivity index (χ2v) is 7.46. The monoisotopic (exact) mass is 413 g/mol. The van der Waals surface area contributed by atoms with Gasteiger partial charge in [-0.1, -0.05) is 35.5 Å². The van der Waals surface area contributed by atoms with E-state index < -0.39 is 17.8 Å². The number of nitrogens with zero attached hydrogens (tertiary/aromatic N) is 1. The van der Waals surface area contributed by atoms with Gasteiger partial charge in [0.05, 0.1) is 5.70 Å². The van der Waals surface area contributed by atoms with E-state index in [2.05, 4.69) is 15.6 Å². The van der Waals surface area contributed by atoms with E-state index in [0.717, 1.165) is 4.91 Å². The largest absolute Gasteiger partial charge is 0.323 e. The van der Waals surface area contributed by atoms with Gasteiger partial charge in [-0.15, -0.1) is 0 Å². The number of halogens is 2. The fraction of sp³-hybridized carbons (Fsp3) is 0.0500. The molecular formula is C20H13ClFN3O2S. The van der Waals surface area contributed by atoms with Gasteiger partial charge in [-0.25, -0.2) is 4.39 Å². The number of hydrogen-bond donors (Lipinski definition) is 2. The van der Waals surface area contributed by atoms with E-state index in [-0.39, 0.29) is 11.6 Å². The van der Waals surface area contributed by atoms with Gasteiger partial charge < -0.3 is 10.6 Å². The fourth-order valence-electron chi connectivity index (χ4n) is 2.79. The maximum atomic E-state index is 13.3. The van der Waals surface area contributed by atoms with E-state index in [4.69, 9.17) is 11.6 Å². The molecule has 2 aliphatic rings. The number of hydrogen-bond acceptors (Lipinski definition) is 4. The maximum Gasteiger partial charge on any atom is 0.273 e. The van der Waals surface area contributed by atoms with Crippen molar-refractivity contribution in [2.75, 3.05) is 5.32 Å². The van der Waals surface area contributed by atoms with Crippen molar-refractivity contribution in [3.05, 3.63) is 87.0 Å². The van der Waals surface area contributed by atoms with Crippen molar-refractivity contribution in [2.45, 2.75) is 6.04 Å². The van der Waals surface area contributed by atoms with E-state index >= 15 is 0 Å². The lowest BCUT2D eigenvalue weighted by Crippen LogP contribution is -2.27. The zero-order chi connectivity index (χ0) is 19.7. The summed E-state index contributed by atoms with van der Waals surface area (Å²) in [6.45, 7) is 0. The Morgan fingerprint density at radius 2 is 1.89 bits per heavy atom. The van der Waals surface area contributed by atoms with Crippen molar-refractivity contribution >= 4 is 46.6 Å². The van der Waals surface area contributed by atoms with E-state index in [1.165, 1.54) is 30.0 Å². The summed E-state index contributed by atoms with van der Waals surface area (Å²) in [6.07, 6.45) is 1.67. The van der Waals surface area contributed by atoms with Crippen LogP contribution in [0.4, 0.5) is 10.1 Å². The topological polar surface area (TPSA) is 70.6 Å². The number of aliphatic imine (C=N–C) groups is 1. The summed E-state index contributed by atoms with van der Waals surface area (Å²) in [6, 6.07) is 11.8. The zero-order valence-electron chi connectivity index (χ0n) is 14.3. The number of thioether (sulfide) groups is 1. The molecule has 8 heteroatoms. The second kappa shape index (κ2) is 7.61. The van der Waals surface area contributed by atoms with Crippen LogP contribution in [0.5, 0.6) is 0 Å². The Balaban J connectivity index is 1.45. The highest BCUT2D eigenvalue weighted by atomic mass is 35.5. The molecule has 2 N–H and O–H groups in total. The molecule has 28 heavy (non-hydrogen) atoms. The predicted octanol–water partition coefficient (Wildman–Crippen LogP) is 4.14. The Kier molecular flexibility index (Phi) is 5.02. The number of carbonyl (C=O) groups is 2. The molecule has 1 atom stereocenters. The van der Waals surface area contributed by atoms with Crippen LogP contribution in [0.2, 0.25) is 5.02 Å². The van der Waals surface area contributed by atoms with Crippen LogP contribution in [0.1, 0.15) is 10.4 Å². The van der Waals surface area contributed by atoms with Gasteiger partial charge in [0.1, 0.15) is 17.6 Å². The van der Waals surface area contributed by atoms with Gasteiger partial charge in [-0.3, -0.25) is 14.6 Å². The smallest absolute Gasteiger partial charge is 0.273 e. The molecule has 2 aromatic rings. The normalized spacial score (nSPS) is 17.4. The Bertz CT molecular complexity index is 1080. The summed E-state index contributed by atoms with van der Waals surface area (Å²) in [4.78, 5) is 30.1. The minimum atomic E-state index is -0.439. The lowest BCUT2D eigenvalue weighted by atomic mass is 10.2. The highest BCUT2D eigenvalue weighted by molar-refractivity contribution is 8.06. The molecule has 0 saturated carbocycles. The molecule has 0 aliphatic carbocycles. The number of anilines is 1. The lowest BCUT2D eigenvalue weighted by molar-refractivity contribution is -0.110. The van der Waals surface area contributed by atoms with Gasteiger partial charge in [0.25, 0.3) is 11.8 Å². The van der Waals surface area contributed by atoms with Crippen LogP contribution in [0.3, 0.4) is 0 Å². The maximum absolute atomic E-state index is 13.3. The van der Waals surface area contributed by atoms with Crippen LogP contribution in [-0.2, 0) is 4.79 Å². The Morgan fingerprint density at radius 3 is 2.68 bits per heavy atom. The number of carbonyl (C=O) groups excluding carboxylic acids is 2. The number of amides is 2. The Labute approximate surface area is 169 Å². The first-order valence-electron chi connectivity index (χ1n) is 8.29. The van der Waals surface area contributed by atoms with Crippen molar-refractivity contribution in [2.24, 2.45) is 4.99 Å². The summed E-state index contributed by atoms with van der Waals surface area (Å²) in [5.41, 5.74) is 1.59. The first-order chi connectivity index (χ1) is 13.5. The van der Waals surface area contributed by atoms with Gasteiger partial charge in [0.15, 0.2) is 0 Å². The van der Waals surface area contributed by atoms with Crippen LogP contribution >= 0.6 is 23.4 Å². The zero-order valence-corrected chi connectivity index (χ0v) is 15.9. The van der Waals surface area contributed by atoms with Gasteiger partial charge in [-0.2, -0.15) is 0 Å². The number of fused-ring (bicyclic) bond motifs is 1. The van der Waals surface area contributed by atoms with Crippen LogP contribution in [0.15, 0.2) is 75.6 Å². The third-order valence-electron chi connectivity index (χ3n) is 4.09. The van der Waals surface area contributed by atoms with Crippen LogP contribution < -0.4 is 10.6 Å². The first kappa shape index (κ1) is 18.5. The molecule has 2 amide bonds. The molecule has 0 spiro atoms. The van der Waals surface area contributed by atoms with Gasteiger partial charge in [0.2, 0.25) is 0 Å². The molecule has 0 radical (unpaired) electrons. The van der Waals surface area contributed by atoms with Crippen molar-refractivity contribution in [1.82, 2.24) is 5.32 Å². The van der Waals surface area contributed by atoms with Crippen molar-refractivity contribution in [3.8, 4) is 0 Å². The lowest BCUT2D eigenvalue weighted by Gasteiger charge is -2.11.